The largest absolute Gasteiger partial charge is 0.492 e. The molecule has 2 aromatic carbocycles. The van der Waals surface area contributed by atoms with Crippen molar-refractivity contribution in [1.82, 2.24) is 10.3 Å². The molecule has 0 saturated carbocycles. The number of H-pyrrole nitrogens is 1. The molecule has 0 saturated heterocycles. The number of hydrogen-bond acceptors (Lipinski definition) is 6. The summed E-state index contributed by atoms with van der Waals surface area (Å²) in [6.45, 7) is 5.51. The molecule has 1 aromatic heterocycles. The molecule has 9 nitrogen and oxygen atoms in total. The molecule has 0 fully saturated rings. The number of aryl methyl sites for hydroxylation is 2. The van der Waals surface area contributed by atoms with E-state index in [4.69, 9.17) is 14.6 Å². The van der Waals surface area contributed by atoms with Crippen molar-refractivity contribution in [2.45, 2.75) is 26.1 Å². The lowest BCUT2D eigenvalue weighted by molar-refractivity contribution is -0.192. The van der Waals surface area contributed by atoms with Gasteiger partial charge < -0.3 is 25.3 Å². The number of rotatable bonds is 9. The maximum absolute atomic E-state index is 11.3. The number of aliphatic carboxylic acids is 1. The van der Waals surface area contributed by atoms with Crippen LogP contribution in [0.15, 0.2) is 42.5 Å². The number of fused-ring (bicyclic) bond motifs is 1. The summed E-state index contributed by atoms with van der Waals surface area (Å²) in [4.78, 5) is 12.2. The lowest BCUT2D eigenvalue weighted by Gasteiger charge is -2.14. The molecule has 0 radical (unpaired) electrons. The van der Waals surface area contributed by atoms with E-state index in [0.717, 1.165) is 23.2 Å². The first-order valence-electron chi connectivity index (χ1n) is 10.7. The number of aromatic amines is 1. The van der Waals surface area contributed by atoms with Gasteiger partial charge in [0.15, 0.2) is 0 Å². The maximum atomic E-state index is 11.3. The quantitative estimate of drug-likeness (QED) is 0.266. The van der Waals surface area contributed by atoms with Crippen LogP contribution in [0, 0.1) is 13.8 Å². The fourth-order valence-corrected chi connectivity index (χ4v) is 3.72. The molecule has 0 aliphatic heterocycles. The van der Waals surface area contributed by atoms with Crippen molar-refractivity contribution in [3.63, 3.8) is 0 Å². The summed E-state index contributed by atoms with van der Waals surface area (Å²) in [5.74, 6) is -1.96. The Morgan fingerprint density at radius 3 is 2.44 bits per heavy atom. The van der Waals surface area contributed by atoms with Gasteiger partial charge in [0.05, 0.1) is 12.4 Å². The van der Waals surface area contributed by atoms with Gasteiger partial charge in [-0.2, -0.15) is 13.2 Å². The van der Waals surface area contributed by atoms with Crippen LogP contribution in [0.2, 0.25) is 0 Å². The van der Waals surface area contributed by atoms with Gasteiger partial charge in [0.25, 0.3) is 0 Å². The fourth-order valence-electron chi connectivity index (χ4n) is 3.16. The highest BCUT2D eigenvalue weighted by Gasteiger charge is 2.38. The molecule has 0 spiro atoms. The molecule has 3 aromatic rings. The predicted molar refractivity (Wildman–Crippen MR) is 130 cm³/mol. The summed E-state index contributed by atoms with van der Waals surface area (Å²) in [5, 5.41) is 21.8. The SMILES string of the molecule is Cc1[nH]c2cc(OCCNCC(O)c3cccc(NS(C)(=O)=O)c3)ccc2c1C.O=C(O)C(F)(F)F. The number of benzene rings is 2. The summed E-state index contributed by atoms with van der Waals surface area (Å²) < 4.78 is 62.6. The minimum atomic E-state index is -5.08. The summed E-state index contributed by atoms with van der Waals surface area (Å²) in [6, 6.07) is 12.7. The van der Waals surface area contributed by atoms with Crippen LogP contribution in [-0.4, -0.2) is 61.7 Å². The van der Waals surface area contributed by atoms with E-state index in [1.165, 1.54) is 10.9 Å². The lowest BCUT2D eigenvalue weighted by Crippen LogP contribution is -2.26. The molecule has 3 rings (SSSR count). The van der Waals surface area contributed by atoms with Crippen molar-refractivity contribution in [2.24, 2.45) is 0 Å². The number of anilines is 1. The van der Waals surface area contributed by atoms with E-state index in [1.54, 1.807) is 24.3 Å². The Hall–Kier alpha value is -3.29. The van der Waals surface area contributed by atoms with Crippen molar-refractivity contribution >= 4 is 32.6 Å². The van der Waals surface area contributed by atoms with Gasteiger partial charge in [-0.1, -0.05) is 12.1 Å². The normalized spacial score (nSPS) is 12.5. The topological polar surface area (TPSA) is 141 Å². The van der Waals surface area contributed by atoms with E-state index in [-0.39, 0.29) is 0 Å². The molecule has 198 valence electrons. The molecule has 5 N–H and O–H groups in total. The van der Waals surface area contributed by atoms with Crippen molar-refractivity contribution in [2.75, 3.05) is 30.7 Å². The van der Waals surface area contributed by atoms with E-state index in [0.29, 0.717) is 30.9 Å². The highest BCUT2D eigenvalue weighted by molar-refractivity contribution is 7.92. The molecular formula is C23H28F3N3O6S. The summed E-state index contributed by atoms with van der Waals surface area (Å²) in [7, 11) is -3.35. The number of carboxylic acid groups (broad SMARTS) is 1. The number of aromatic nitrogens is 1. The number of alkyl halides is 3. The molecule has 0 aliphatic rings. The second-order valence-corrected chi connectivity index (χ2v) is 9.70. The van der Waals surface area contributed by atoms with Gasteiger partial charge in [0.2, 0.25) is 10.0 Å². The van der Waals surface area contributed by atoms with Gasteiger partial charge in [-0.15, -0.1) is 0 Å². The number of aliphatic hydroxyl groups is 1. The highest BCUT2D eigenvalue weighted by Crippen LogP contribution is 2.25. The first-order chi connectivity index (χ1) is 16.7. The lowest BCUT2D eigenvalue weighted by atomic mass is 10.1. The predicted octanol–water partition coefficient (Wildman–Crippen LogP) is 3.49. The number of carboxylic acids is 1. The number of hydrogen-bond donors (Lipinski definition) is 5. The zero-order chi connectivity index (χ0) is 27.1. The van der Waals surface area contributed by atoms with Crippen LogP contribution in [0.1, 0.15) is 22.9 Å². The van der Waals surface area contributed by atoms with Gasteiger partial charge >= 0.3 is 12.1 Å². The van der Waals surface area contributed by atoms with Gasteiger partial charge in [0, 0.05) is 41.4 Å². The van der Waals surface area contributed by atoms with Crippen molar-refractivity contribution in [3.05, 3.63) is 59.3 Å². The van der Waals surface area contributed by atoms with E-state index in [1.807, 2.05) is 12.1 Å². The molecule has 1 heterocycles. The van der Waals surface area contributed by atoms with Crippen LogP contribution in [0.4, 0.5) is 18.9 Å². The Labute approximate surface area is 206 Å². The number of sulfonamides is 1. The third-order valence-corrected chi connectivity index (χ3v) is 5.59. The van der Waals surface area contributed by atoms with E-state index < -0.39 is 28.3 Å². The van der Waals surface area contributed by atoms with E-state index >= 15 is 0 Å². The first-order valence-corrected chi connectivity index (χ1v) is 12.5. The maximum Gasteiger partial charge on any atom is 0.490 e. The van der Waals surface area contributed by atoms with Crippen molar-refractivity contribution < 1.29 is 41.3 Å². The van der Waals surface area contributed by atoms with Gasteiger partial charge in [0.1, 0.15) is 12.4 Å². The van der Waals surface area contributed by atoms with Crippen LogP contribution in [0.3, 0.4) is 0 Å². The minimum absolute atomic E-state index is 0.333. The average Bonchev–Trinajstić information content (AvgIpc) is 3.05. The number of ether oxygens (including phenoxy) is 1. The third kappa shape index (κ3) is 9.06. The zero-order valence-corrected chi connectivity index (χ0v) is 20.6. The zero-order valence-electron chi connectivity index (χ0n) is 19.8. The van der Waals surface area contributed by atoms with Crippen LogP contribution in [-0.2, 0) is 14.8 Å². The molecule has 0 amide bonds. The smallest absolute Gasteiger partial charge is 0.490 e. The molecule has 36 heavy (non-hydrogen) atoms. The van der Waals surface area contributed by atoms with Crippen molar-refractivity contribution in [1.29, 1.82) is 0 Å². The van der Waals surface area contributed by atoms with Crippen LogP contribution < -0.4 is 14.8 Å². The second-order valence-electron chi connectivity index (χ2n) is 7.95. The van der Waals surface area contributed by atoms with Crippen LogP contribution >= 0.6 is 0 Å². The van der Waals surface area contributed by atoms with E-state index in [2.05, 4.69) is 34.9 Å². The van der Waals surface area contributed by atoms with Gasteiger partial charge in [-0.25, -0.2) is 13.2 Å². The van der Waals surface area contributed by atoms with Crippen LogP contribution in [0.25, 0.3) is 10.9 Å². The molecule has 1 atom stereocenters. The number of nitrogens with one attached hydrogen (secondary N) is 3. The van der Waals surface area contributed by atoms with Gasteiger partial charge in [-0.05, 0) is 49.2 Å². The molecule has 13 heteroatoms. The Balaban J connectivity index is 0.000000572. The standard InChI is InChI=1S/C21H27N3O4S.C2HF3O2/c1-14-15(2)23-20-12-18(7-8-19(14)20)28-10-9-22-13-21(25)16-5-4-6-17(11-16)24-29(3,26)27;3-2(4,5)1(6)7/h4-8,11-12,21-25H,9-10,13H2,1-3H3;(H,6,7). The monoisotopic (exact) mass is 531 g/mol. The van der Waals surface area contributed by atoms with E-state index in [9.17, 15) is 26.7 Å². The minimum Gasteiger partial charge on any atom is -0.492 e. The number of carbonyl (C=O) groups is 1. The summed E-state index contributed by atoms with van der Waals surface area (Å²) in [5.41, 5.74) is 4.53. The fraction of sp³-hybridized carbons (Fsp3) is 0.348. The molecule has 0 bridgehead atoms. The second kappa shape index (κ2) is 12.1. The summed E-state index contributed by atoms with van der Waals surface area (Å²) in [6.07, 6.45) is -4.74. The Bertz CT molecular complexity index is 1290. The average molecular weight is 532 g/mol. The molecule has 1 unspecified atom stereocenters. The van der Waals surface area contributed by atoms with Crippen LogP contribution in [0.5, 0.6) is 5.75 Å². The number of halogens is 3. The Morgan fingerprint density at radius 2 is 1.83 bits per heavy atom. The Morgan fingerprint density at radius 1 is 1.17 bits per heavy atom. The first kappa shape index (κ1) is 28.9. The molecule has 0 aliphatic carbocycles. The van der Waals surface area contributed by atoms with Crippen molar-refractivity contribution in [3.8, 4) is 5.75 Å². The van der Waals surface area contributed by atoms with Gasteiger partial charge in [-0.3, -0.25) is 4.72 Å². The number of aliphatic hydroxyl groups excluding tert-OH is 1. The summed E-state index contributed by atoms with van der Waals surface area (Å²) >= 11 is 0. The molecular weight excluding hydrogens is 503 g/mol. The third-order valence-electron chi connectivity index (χ3n) is 4.98. The highest BCUT2D eigenvalue weighted by atomic mass is 32.2. The Kier molecular flexibility index (Phi) is 9.73.